The Bertz CT molecular complexity index is 5950. The van der Waals surface area contributed by atoms with Crippen LogP contribution in [-0.4, -0.2) is 161 Å². The molecule has 0 radical (unpaired) electrons. The lowest BCUT2D eigenvalue weighted by Gasteiger charge is -2.26. The number of nitriles is 2. The average molecular weight is 2320 g/mol. The van der Waals surface area contributed by atoms with Gasteiger partial charge in [0.15, 0.2) is 59.0 Å². The summed E-state index contributed by atoms with van der Waals surface area (Å²) in [5.41, 5.74) is 22.2. The molecule has 8 aromatic carbocycles. The Hall–Kier alpha value is -8.42. The number of carbonyl (C=O) groups excluding carboxylic acids is 3. The summed E-state index contributed by atoms with van der Waals surface area (Å²) in [6.07, 6.45) is 13.2. The van der Waals surface area contributed by atoms with Crippen LogP contribution in [-0.2, 0) is 78.1 Å². The molecular weight excluding hydrogens is 2210 g/mol. The number of carboxylic acid groups (broad SMARTS) is 1. The first-order chi connectivity index (χ1) is 62.3. The summed E-state index contributed by atoms with van der Waals surface area (Å²) >= 11 is 22.0. The first-order valence-electron chi connectivity index (χ1n) is 41.0. The van der Waals surface area contributed by atoms with Crippen LogP contribution < -0.4 is 28.3 Å². The standard InChI is InChI=1S/C19H28N2O5S.C10H19NO2.C9H8N2O4S.C9H10N2O2S.C9H11NO4S.C8H8BrNO4S.C8H9BrO2S.C8H9BrS.C6H5BrS.C2H5Br/c1-3-27(24,25)14-9-10-15(16(20)12-14)18(22)21-17(19(23)26-2)11-13-7-5-4-6-8-13;1-13-10(12)9(11)7-8-5-3-2-4-6-8;1-2-16(14,15)8-4-3-7(6-10)9(5-8)11(12)13;1-2-14(12,13)8-4-3-7(6-10)9(11)5-8;1-2-15(13,14)6-3-4-7(9(11)12)8(10)5-6;1-2-15(13,14)6-3-4-7(9)8(5-6)10(11)12;1-2-12(10,11)8-5-3-7(9)4-6-8;1-2-10-8-5-3-7(9)4-6-8;7-5-1-3-6(8)4-2-5;1-2-3/h9-10,12-13,17H,3-8,11,20H2,1-2H3,(H,21,22);8-9H,2-7,11H2,1H3;3-5H,2H2,1H3;3-5H,2,11H2,1H3;3-5H,2,10H2,1H3,(H,11,12);3-5H,2H2,1H3;3-6H,2H2,1H3;3-6H,2H2,1H3;1-4,8H;2H2,1H3. The van der Waals surface area contributed by atoms with Crippen LogP contribution in [0.15, 0.2) is 221 Å². The van der Waals surface area contributed by atoms with Gasteiger partial charge in [0.25, 0.3) is 17.3 Å². The number of hydrogen-bond donors (Lipinski definition) is 7. The van der Waals surface area contributed by atoms with Gasteiger partial charge in [0, 0.05) is 52.0 Å². The number of halogens is 5. The summed E-state index contributed by atoms with van der Waals surface area (Å²) in [6.45, 7) is 13.4. The van der Waals surface area contributed by atoms with E-state index >= 15 is 0 Å². The van der Waals surface area contributed by atoms with Crippen molar-refractivity contribution in [3.63, 3.8) is 0 Å². The Morgan fingerprint density at radius 2 is 0.797 bits per heavy atom. The van der Waals surface area contributed by atoms with Crippen molar-refractivity contribution in [2.45, 2.75) is 184 Å². The number of nitro groups is 2. The van der Waals surface area contributed by atoms with Crippen LogP contribution in [0.3, 0.4) is 0 Å². The third-order valence-corrected chi connectivity index (χ3v) is 33.0. The second-order valence-electron chi connectivity index (χ2n) is 28.2. The second-order valence-corrected chi connectivity index (χ2v) is 48.5. The van der Waals surface area contributed by atoms with Crippen LogP contribution in [0.4, 0.5) is 28.4 Å². The summed E-state index contributed by atoms with van der Waals surface area (Å²) in [6, 6.07) is 44.0. The fourth-order valence-electron chi connectivity index (χ4n) is 11.6. The third-order valence-electron chi connectivity index (χ3n) is 19.2. The number of aromatic carboxylic acids is 1. The van der Waals surface area contributed by atoms with Crippen molar-refractivity contribution >= 4 is 215 Å². The third kappa shape index (κ3) is 44.1. The van der Waals surface area contributed by atoms with Gasteiger partial charge in [0.05, 0.1) is 115 Å². The number of esters is 2. The number of nitrogen functional groups attached to an aromatic ring is 3. The quantitative estimate of drug-likeness (QED) is 0.00531. The predicted molar refractivity (Wildman–Crippen MR) is 540 cm³/mol. The lowest BCUT2D eigenvalue weighted by Crippen LogP contribution is -2.43. The molecule has 133 heavy (non-hydrogen) atoms. The number of methoxy groups -OCH3 is 2. The summed E-state index contributed by atoms with van der Waals surface area (Å²) in [5, 5.41) is 50.8. The Balaban J connectivity index is 0.000000759. The molecule has 10 N–H and O–H groups in total. The van der Waals surface area contributed by atoms with Crippen molar-refractivity contribution in [1.29, 1.82) is 10.5 Å². The first kappa shape index (κ1) is 123. The maximum atomic E-state index is 12.6. The SMILES string of the molecule is CCBr.CCS(=O)(=O)c1ccc(Br)c([N+](=O)[O-])c1.CCS(=O)(=O)c1ccc(Br)cc1.CCS(=O)(=O)c1ccc(C#N)c(N)c1.CCS(=O)(=O)c1ccc(C#N)c([N+](=O)[O-])c1.CCS(=O)(=O)c1ccc(C(=O)NC(CC2CCCCC2)C(=O)OC)c(N)c1.CCS(=O)(=O)c1ccc(C(=O)O)c(N)c1.CCSc1ccc(Br)cc1.COC(=O)C(N)CC1CCCCC1.Sc1ccc(Br)cc1. The molecule has 2 unspecified atom stereocenters. The predicted octanol–water partition coefficient (Wildman–Crippen LogP) is 18.8. The number of thioether (sulfide) groups is 1. The lowest BCUT2D eigenvalue weighted by atomic mass is 9.84. The van der Waals surface area contributed by atoms with Crippen LogP contribution in [0.25, 0.3) is 0 Å². The number of ether oxygens (including phenoxy) is 2. The lowest BCUT2D eigenvalue weighted by molar-refractivity contribution is -0.385. The number of hydrogen-bond acceptors (Lipinski definition) is 30. The highest BCUT2D eigenvalue weighted by Crippen LogP contribution is 2.32. The highest BCUT2D eigenvalue weighted by molar-refractivity contribution is 9.11. The van der Waals surface area contributed by atoms with Crippen molar-refractivity contribution in [1.82, 2.24) is 5.32 Å². The largest absolute Gasteiger partial charge is 0.478 e. The number of benzene rings is 8. The number of nitrogens with two attached hydrogens (primary N) is 4. The van der Waals surface area contributed by atoms with Gasteiger partial charge in [-0.3, -0.25) is 29.8 Å². The maximum Gasteiger partial charge on any atom is 0.337 e. The van der Waals surface area contributed by atoms with Gasteiger partial charge >= 0.3 is 17.9 Å². The maximum absolute atomic E-state index is 12.6. The molecule has 32 nitrogen and oxygen atoms in total. The molecule has 0 spiro atoms. The van der Waals surface area contributed by atoms with Crippen LogP contribution in [0.5, 0.6) is 0 Å². The molecule has 2 atom stereocenters. The fraction of sp³-hybridized carbons (Fsp3) is 0.386. The zero-order valence-electron chi connectivity index (χ0n) is 74.8. The molecule has 2 aliphatic carbocycles. The fourth-order valence-corrected chi connectivity index (χ4v) is 19.1. The summed E-state index contributed by atoms with van der Waals surface area (Å²) in [7, 11) is -17.2. The Labute approximate surface area is 832 Å². The zero-order valence-corrected chi connectivity index (χ0v) is 89.3. The molecule has 0 saturated heterocycles. The number of nitro benzene ring substituents is 2. The van der Waals surface area contributed by atoms with E-state index in [1.807, 2.05) is 49.0 Å². The minimum absolute atomic E-state index is 0.0261. The van der Waals surface area contributed by atoms with Gasteiger partial charge < -0.3 is 42.8 Å². The highest BCUT2D eigenvalue weighted by atomic mass is 79.9. The molecule has 0 heterocycles. The minimum atomic E-state index is -3.49. The van der Waals surface area contributed by atoms with Gasteiger partial charge in [-0.05, 0) is 198 Å². The number of rotatable bonds is 25. The number of anilines is 3. The summed E-state index contributed by atoms with van der Waals surface area (Å²) in [4.78, 5) is 69.0. The van der Waals surface area contributed by atoms with Crippen LogP contribution >= 0.6 is 104 Å². The van der Waals surface area contributed by atoms with Gasteiger partial charge in [-0.15, -0.1) is 24.4 Å². The van der Waals surface area contributed by atoms with Crippen LogP contribution in [0, 0.1) is 54.7 Å². The first-order valence-corrected chi connectivity index (χ1v) is 56.6. The number of nitrogens with one attached hydrogen (secondary N) is 1. The van der Waals surface area contributed by atoms with Gasteiger partial charge in [-0.25, -0.2) is 60.1 Å². The molecule has 1 amide bonds. The molecule has 2 saturated carbocycles. The highest BCUT2D eigenvalue weighted by Gasteiger charge is 2.30. The molecule has 0 aromatic heterocycles. The number of carbonyl (C=O) groups is 4. The van der Waals surface area contributed by atoms with Gasteiger partial charge in [-0.1, -0.05) is 183 Å². The smallest absolute Gasteiger partial charge is 0.337 e. The van der Waals surface area contributed by atoms with Crippen molar-refractivity contribution in [3.05, 3.63) is 224 Å². The van der Waals surface area contributed by atoms with E-state index in [1.54, 1.807) is 51.1 Å². The summed E-state index contributed by atoms with van der Waals surface area (Å²) in [5.74, 6) is -0.435. The van der Waals surface area contributed by atoms with Crippen molar-refractivity contribution in [3.8, 4) is 12.1 Å². The van der Waals surface area contributed by atoms with E-state index in [9.17, 15) is 89.9 Å². The van der Waals surface area contributed by atoms with Gasteiger partial charge in [0.2, 0.25) is 0 Å². The molecule has 730 valence electrons. The minimum Gasteiger partial charge on any atom is -0.478 e. The monoisotopic (exact) mass is 2310 g/mol. The van der Waals surface area contributed by atoms with Gasteiger partial charge in [-0.2, -0.15) is 10.5 Å². The van der Waals surface area contributed by atoms with E-state index in [0.717, 1.165) is 79.7 Å². The number of nitrogens with zero attached hydrogens (tertiary/aromatic N) is 4. The normalized spacial score (nSPS) is 12.9. The Morgan fingerprint density at radius 1 is 0.474 bits per heavy atom. The van der Waals surface area contributed by atoms with E-state index in [1.165, 1.54) is 151 Å². The van der Waals surface area contributed by atoms with Crippen LogP contribution in [0.2, 0.25) is 0 Å². The number of sulfone groups is 6. The van der Waals surface area contributed by atoms with Crippen molar-refractivity contribution in [2.75, 3.05) is 77.0 Å². The number of carboxylic acids is 1. The van der Waals surface area contributed by atoms with Gasteiger partial charge in [0.1, 0.15) is 29.8 Å². The molecule has 10 rings (SSSR count). The van der Waals surface area contributed by atoms with E-state index in [0.29, 0.717) is 28.7 Å². The molecule has 2 fully saturated rings. The second kappa shape index (κ2) is 61.6. The topological polar surface area (TPSA) is 562 Å². The molecular formula is C88H112Br5N9O23S8. The molecule has 45 heteroatoms. The average Bonchev–Trinajstić information content (AvgIpc) is 0.816. The zero-order chi connectivity index (χ0) is 101. The van der Waals surface area contributed by atoms with Crippen molar-refractivity contribution in [2.24, 2.45) is 17.6 Å². The molecule has 0 aliphatic heterocycles. The van der Waals surface area contributed by atoms with Crippen molar-refractivity contribution < 1.29 is 94.1 Å². The number of amides is 1. The van der Waals surface area contributed by atoms with E-state index in [2.05, 4.69) is 134 Å². The number of thiol groups is 1. The Morgan fingerprint density at radius 3 is 1.14 bits per heavy atom. The Kier molecular flexibility index (Phi) is 56.8. The van der Waals surface area contributed by atoms with E-state index < -0.39 is 104 Å². The summed E-state index contributed by atoms with van der Waals surface area (Å²) < 4.78 is 151. The van der Waals surface area contributed by atoms with Crippen LogP contribution in [0.1, 0.15) is 164 Å². The molecule has 0 bridgehead atoms. The number of alkyl halides is 1. The van der Waals surface area contributed by atoms with E-state index in [-0.39, 0.29) is 109 Å². The molecule has 8 aromatic rings. The molecule has 2 aliphatic rings. The van der Waals surface area contributed by atoms with E-state index in [4.69, 9.17) is 43.3 Å².